The number of carbonyl (C=O) groups is 2. The van der Waals surface area contributed by atoms with Crippen molar-refractivity contribution in [3.63, 3.8) is 0 Å². The number of rotatable bonds is 7. The van der Waals surface area contributed by atoms with E-state index in [1.54, 1.807) is 23.1 Å². The van der Waals surface area contributed by atoms with E-state index >= 15 is 0 Å². The molecule has 1 aromatic heterocycles. The number of ether oxygens (including phenoxy) is 2. The molecule has 2 saturated heterocycles. The normalized spacial score (nSPS) is 21.2. The van der Waals surface area contributed by atoms with Crippen molar-refractivity contribution in [1.82, 2.24) is 15.0 Å². The van der Waals surface area contributed by atoms with Crippen LogP contribution < -0.4 is 4.74 Å². The Kier molecular flexibility index (Phi) is 7.88. The van der Waals surface area contributed by atoms with E-state index in [0.29, 0.717) is 74.5 Å². The zero-order chi connectivity index (χ0) is 23.2. The highest BCUT2D eigenvalue weighted by Crippen LogP contribution is 2.28. The summed E-state index contributed by atoms with van der Waals surface area (Å²) in [6.07, 6.45) is 2.37. The number of hydrogen-bond acceptors (Lipinski definition) is 6. The molecule has 2 aromatic rings. The third-order valence-electron chi connectivity index (χ3n) is 6.11. The van der Waals surface area contributed by atoms with Crippen LogP contribution in [0.15, 0.2) is 34.9 Å². The maximum absolute atomic E-state index is 13.1. The molecule has 0 bridgehead atoms. The topological polar surface area (TPSA) is 85.1 Å². The molecule has 33 heavy (non-hydrogen) atoms. The van der Waals surface area contributed by atoms with Crippen LogP contribution in [0, 0.1) is 5.92 Å². The summed E-state index contributed by atoms with van der Waals surface area (Å²) in [5, 5.41) is 4.56. The lowest BCUT2D eigenvalue weighted by Crippen LogP contribution is -2.50. The summed E-state index contributed by atoms with van der Waals surface area (Å²) in [6, 6.07) is 8.97. The highest BCUT2D eigenvalue weighted by Gasteiger charge is 2.36. The van der Waals surface area contributed by atoms with E-state index in [4.69, 9.17) is 25.6 Å². The molecule has 8 nitrogen and oxygen atoms in total. The standard InChI is InChI=1S/C24H30ClN3O5/c1-2-4-20-15-21(26-33-20)24(30)28-8-7-22(32-19-6-3-5-18(25)14-19)17(16-28)13-23(29)27-9-11-31-12-10-27/h3,5-6,14-15,17,22H,2,4,7-13,16H2,1H3/t17-,22-/m0/s1. The Bertz CT molecular complexity index is 959. The SMILES string of the molecule is CCCc1cc(C(=O)N2CC[C@H](Oc3cccc(Cl)c3)[C@@H](CC(=O)N3CCOCC3)C2)no1. The number of amides is 2. The van der Waals surface area contributed by atoms with Gasteiger partial charge in [-0.2, -0.15) is 0 Å². The van der Waals surface area contributed by atoms with E-state index in [0.717, 1.165) is 12.8 Å². The van der Waals surface area contributed by atoms with Gasteiger partial charge in [0.05, 0.1) is 13.2 Å². The Morgan fingerprint density at radius 3 is 2.76 bits per heavy atom. The molecule has 0 radical (unpaired) electrons. The second-order valence-electron chi connectivity index (χ2n) is 8.54. The van der Waals surface area contributed by atoms with E-state index in [9.17, 15) is 9.59 Å². The summed E-state index contributed by atoms with van der Waals surface area (Å²) in [5.74, 6) is 1.10. The van der Waals surface area contributed by atoms with Gasteiger partial charge >= 0.3 is 0 Å². The first-order valence-electron chi connectivity index (χ1n) is 11.6. The Labute approximate surface area is 198 Å². The molecule has 0 spiro atoms. The first-order valence-corrected chi connectivity index (χ1v) is 11.9. The van der Waals surface area contributed by atoms with E-state index < -0.39 is 0 Å². The van der Waals surface area contributed by atoms with Crippen LogP contribution in [0.4, 0.5) is 0 Å². The Hall–Kier alpha value is -2.58. The summed E-state index contributed by atoms with van der Waals surface area (Å²) in [5.41, 5.74) is 0.311. The minimum absolute atomic E-state index is 0.0592. The van der Waals surface area contributed by atoms with Gasteiger partial charge in [0.2, 0.25) is 5.91 Å². The van der Waals surface area contributed by atoms with Crippen molar-refractivity contribution < 1.29 is 23.6 Å². The van der Waals surface area contributed by atoms with Crippen LogP contribution in [-0.2, 0) is 16.0 Å². The number of aryl methyl sites for hydroxylation is 1. The summed E-state index contributed by atoms with van der Waals surface area (Å²) in [6.45, 7) is 5.26. The van der Waals surface area contributed by atoms with Crippen molar-refractivity contribution in [2.45, 2.75) is 38.7 Å². The molecule has 2 aliphatic heterocycles. The second kappa shape index (κ2) is 11.0. The van der Waals surface area contributed by atoms with Gasteiger partial charge in [-0.05, 0) is 24.6 Å². The Balaban J connectivity index is 1.47. The summed E-state index contributed by atoms with van der Waals surface area (Å²) < 4.78 is 16.9. The summed E-state index contributed by atoms with van der Waals surface area (Å²) in [4.78, 5) is 29.7. The fourth-order valence-electron chi connectivity index (χ4n) is 4.37. The molecule has 2 fully saturated rings. The predicted molar refractivity (Wildman–Crippen MR) is 122 cm³/mol. The third-order valence-corrected chi connectivity index (χ3v) is 6.35. The van der Waals surface area contributed by atoms with Gasteiger partial charge in [-0.1, -0.05) is 29.7 Å². The molecular weight excluding hydrogens is 446 g/mol. The molecule has 9 heteroatoms. The zero-order valence-electron chi connectivity index (χ0n) is 18.9. The van der Waals surface area contributed by atoms with Crippen LogP contribution >= 0.6 is 11.6 Å². The van der Waals surface area contributed by atoms with E-state index in [2.05, 4.69) is 5.16 Å². The lowest BCUT2D eigenvalue weighted by molar-refractivity contribution is -0.137. The van der Waals surface area contributed by atoms with Crippen LogP contribution in [0.25, 0.3) is 0 Å². The summed E-state index contributed by atoms with van der Waals surface area (Å²) in [7, 11) is 0. The number of likely N-dealkylation sites (tertiary alicyclic amines) is 1. The van der Waals surface area contributed by atoms with Crippen LogP contribution in [0.3, 0.4) is 0 Å². The van der Waals surface area contributed by atoms with E-state index in [-0.39, 0.29) is 23.8 Å². The number of aromatic nitrogens is 1. The fraction of sp³-hybridized carbons (Fsp3) is 0.542. The number of nitrogens with zero attached hydrogens (tertiary/aromatic N) is 3. The van der Waals surface area contributed by atoms with Gasteiger partial charge in [-0.3, -0.25) is 9.59 Å². The van der Waals surface area contributed by atoms with Gasteiger partial charge in [0.25, 0.3) is 5.91 Å². The first-order chi connectivity index (χ1) is 16.0. The lowest BCUT2D eigenvalue weighted by atomic mass is 9.90. The maximum atomic E-state index is 13.1. The lowest BCUT2D eigenvalue weighted by Gasteiger charge is -2.39. The predicted octanol–water partition coefficient (Wildman–Crippen LogP) is 3.44. The quantitative estimate of drug-likeness (QED) is 0.609. The number of piperidine rings is 1. The minimum atomic E-state index is -0.203. The van der Waals surface area contributed by atoms with Crippen LogP contribution in [0.1, 0.15) is 42.4 Å². The second-order valence-corrected chi connectivity index (χ2v) is 8.98. The molecule has 0 saturated carbocycles. The van der Waals surface area contributed by atoms with Gasteiger partial charge in [0.15, 0.2) is 5.69 Å². The van der Waals surface area contributed by atoms with Crippen molar-refractivity contribution >= 4 is 23.4 Å². The highest BCUT2D eigenvalue weighted by atomic mass is 35.5. The van der Waals surface area contributed by atoms with Crippen LogP contribution in [0.2, 0.25) is 5.02 Å². The molecule has 0 unspecified atom stereocenters. The molecule has 2 atom stereocenters. The van der Waals surface area contributed by atoms with Gasteiger partial charge in [0.1, 0.15) is 17.6 Å². The largest absolute Gasteiger partial charge is 0.490 e. The molecule has 4 rings (SSSR count). The van der Waals surface area contributed by atoms with Gasteiger partial charge in [-0.25, -0.2) is 0 Å². The van der Waals surface area contributed by atoms with Crippen molar-refractivity contribution in [2.75, 3.05) is 39.4 Å². The molecular formula is C24H30ClN3O5. The molecule has 0 N–H and O–H groups in total. The van der Waals surface area contributed by atoms with E-state index in [1.807, 2.05) is 24.0 Å². The van der Waals surface area contributed by atoms with Gasteiger partial charge < -0.3 is 23.8 Å². The number of hydrogen-bond donors (Lipinski definition) is 0. The van der Waals surface area contributed by atoms with Crippen molar-refractivity contribution in [2.24, 2.45) is 5.92 Å². The minimum Gasteiger partial charge on any atom is -0.490 e. The monoisotopic (exact) mass is 475 g/mol. The highest BCUT2D eigenvalue weighted by molar-refractivity contribution is 6.30. The summed E-state index contributed by atoms with van der Waals surface area (Å²) >= 11 is 6.12. The van der Waals surface area contributed by atoms with Crippen LogP contribution in [-0.4, -0.2) is 72.3 Å². The van der Waals surface area contributed by atoms with Crippen molar-refractivity contribution in [3.05, 3.63) is 46.8 Å². The molecule has 3 heterocycles. The maximum Gasteiger partial charge on any atom is 0.276 e. The van der Waals surface area contributed by atoms with E-state index in [1.165, 1.54) is 0 Å². The fourth-order valence-corrected chi connectivity index (χ4v) is 4.55. The number of benzene rings is 1. The zero-order valence-corrected chi connectivity index (χ0v) is 19.6. The number of morpholine rings is 1. The molecule has 178 valence electrons. The average Bonchev–Trinajstić information content (AvgIpc) is 3.29. The Morgan fingerprint density at radius 1 is 1.18 bits per heavy atom. The first kappa shape index (κ1) is 23.6. The van der Waals surface area contributed by atoms with Crippen molar-refractivity contribution in [3.8, 4) is 5.75 Å². The average molecular weight is 476 g/mol. The number of carbonyl (C=O) groups excluding carboxylic acids is 2. The van der Waals surface area contributed by atoms with Gasteiger partial charge in [-0.15, -0.1) is 0 Å². The Morgan fingerprint density at radius 2 is 2.00 bits per heavy atom. The molecule has 1 aromatic carbocycles. The molecule has 2 aliphatic rings. The van der Waals surface area contributed by atoms with Crippen molar-refractivity contribution in [1.29, 1.82) is 0 Å². The third kappa shape index (κ3) is 6.06. The van der Waals surface area contributed by atoms with Gasteiger partial charge in [0, 0.05) is 62.4 Å². The molecule has 0 aliphatic carbocycles. The number of halogens is 1. The smallest absolute Gasteiger partial charge is 0.276 e. The van der Waals surface area contributed by atoms with Crippen LogP contribution in [0.5, 0.6) is 5.75 Å². The molecule has 2 amide bonds.